The third-order valence-corrected chi connectivity index (χ3v) is 2.71. The van der Waals surface area contributed by atoms with Crippen LogP contribution in [0, 0.1) is 6.92 Å². The smallest absolute Gasteiger partial charge is 0.202 e. The average molecular weight is 244 g/mol. The highest BCUT2D eigenvalue weighted by Crippen LogP contribution is 2.13. The maximum atomic E-state index is 12.0. The van der Waals surface area contributed by atoms with Gasteiger partial charge in [-0.3, -0.25) is 4.79 Å². The molecule has 0 aliphatic carbocycles. The van der Waals surface area contributed by atoms with Crippen molar-refractivity contribution < 1.29 is 13.9 Å². The summed E-state index contributed by atoms with van der Waals surface area (Å²) < 4.78 is 10.4. The molecule has 0 radical (unpaired) electrons. The molecule has 0 fully saturated rings. The van der Waals surface area contributed by atoms with Gasteiger partial charge in [0.05, 0.1) is 0 Å². The number of hydrogen-bond acceptors (Lipinski definition) is 3. The summed E-state index contributed by atoms with van der Waals surface area (Å²) in [4.78, 5) is 12.0. The van der Waals surface area contributed by atoms with Gasteiger partial charge in [0.25, 0.3) is 0 Å². The van der Waals surface area contributed by atoms with Gasteiger partial charge in [0.15, 0.2) is 5.76 Å². The van der Waals surface area contributed by atoms with E-state index in [1.807, 2.05) is 31.2 Å². The van der Waals surface area contributed by atoms with Gasteiger partial charge in [0, 0.05) is 13.5 Å². The summed E-state index contributed by atoms with van der Waals surface area (Å²) in [5.41, 5.74) is 2.18. The predicted molar refractivity (Wildman–Crippen MR) is 68.6 cm³/mol. The molecule has 0 spiro atoms. The number of furan rings is 1. The minimum Gasteiger partial charge on any atom is -0.456 e. The lowest BCUT2D eigenvalue weighted by atomic mass is 10.1. The van der Waals surface area contributed by atoms with E-state index in [9.17, 15) is 4.79 Å². The molecule has 1 aromatic heterocycles. The second kappa shape index (κ2) is 5.65. The Morgan fingerprint density at radius 3 is 2.56 bits per heavy atom. The molecule has 0 bridgehead atoms. The molecule has 0 amide bonds. The molecule has 0 atom stereocenters. The van der Waals surface area contributed by atoms with Crippen molar-refractivity contribution in [3.05, 3.63) is 59.0 Å². The van der Waals surface area contributed by atoms with E-state index < -0.39 is 0 Å². The predicted octanol–water partition coefficient (Wildman–Crippen LogP) is 3.16. The van der Waals surface area contributed by atoms with Crippen molar-refractivity contribution in [2.24, 2.45) is 0 Å². The van der Waals surface area contributed by atoms with Crippen molar-refractivity contribution in [1.82, 2.24) is 0 Å². The molecule has 94 valence electrons. The molecule has 0 saturated heterocycles. The molecule has 2 rings (SSSR count). The number of aryl methyl sites for hydroxylation is 1. The molecule has 3 nitrogen and oxygen atoms in total. The highest BCUT2D eigenvalue weighted by Gasteiger charge is 2.11. The zero-order chi connectivity index (χ0) is 13.0. The van der Waals surface area contributed by atoms with Crippen LogP contribution in [0.1, 0.15) is 27.4 Å². The monoisotopic (exact) mass is 244 g/mol. The third-order valence-electron chi connectivity index (χ3n) is 2.71. The lowest BCUT2D eigenvalue weighted by Gasteiger charge is -2.00. The number of ketones is 1. The van der Waals surface area contributed by atoms with E-state index in [2.05, 4.69) is 0 Å². The van der Waals surface area contributed by atoms with E-state index in [1.54, 1.807) is 19.2 Å². The molecule has 3 heteroatoms. The first-order valence-corrected chi connectivity index (χ1v) is 5.85. The molecule has 1 heterocycles. The minimum absolute atomic E-state index is 0.0128. The van der Waals surface area contributed by atoms with E-state index in [1.165, 1.54) is 5.56 Å². The van der Waals surface area contributed by atoms with Crippen molar-refractivity contribution in [3.8, 4) is 0 Å². The summed E-state index contributed by atoms with van der Waals surface area (Å²) in [5, 5.41) is 0. The van der Waals surface area contributed by atoms with E-state index >= 15 is 0 Å². The van der Waals surface area contributed by atoms with Crippen LogP contribution in [0.5, 0.6) is 0 Å². The van der Waals surface area contributed by atoms with Crippen LogP contribution in [-0.4, -0.2) is 12.9 Å². The highest BCUT2D eigenvalue weighted by atomic mass is 16.5. The average Bonchev–Trinajstić information content (AvgIpc) is 2.81. The van der Waals surface area contributed by atoms with E-state index in [4.69, 9.17) is 9.15 Å². The van der Waals surface area contributed by atoms with Crippen LogP contribution in [0.25, 0.3) is 0 Å². The Morgan fingerprint density at radius 2 is 1.89 bits per heavy atom. The molecule has 0 aliphatic rings. The third kappa shape index (κ3) is 3.08. The summed E-state index contributed by atoms with van der Waals surface area (Å²) in [7, 11) is 1.59. The number of rotatable bonds is 5. The van der Waals surface area contributed by atoms with Gasteiger partial charge in [-0.25, -0.2) is 0 Å². The van der Waals surface area contributed by atoms with Gasteiger partial charge in [0.2, 0.25) is 5.78 Å². The SMILES string of the molecule is COCc1ccc(C(=O)Cc2ccc(C)cc2)o1. The van der Waals surface area contributed by atoms with Crippen molar-refractivity contribution in [2.75, 3.05) is 7.11 Å². The topological polar surface area (TPSA) is 39.4 Å². The lowest BCUT2D eigenvalue weighted by molar-refractivity contribution is 0.0957. The Labute approximate surface area is 106 Å². The zero-order valence-electron chi connectivity index (χ0n) is 10.6. The lowest BCUT2D eigenvalue weighted by Crippen LogP contribution is -2.02. The maximum absolute atomic E-state index is 12.0. The fourth-order valence-electron chi connectivity index (χ4n) is 1.73. The van der Waals surface area contributed by atoms with Gasteiger partial charge in [-0.1, -0.05) is 29.8 Å². The normalized spacial score (nSPS) is 10.6. The standard InChI is InChI=1S/C15H16O3/c1-11-3-5-12(6-4-11)9-14(16)15-8-7-13(18-15)10-17-2/h3-8H,9-10H2,1-2H3. The maximum Gasteiger partial charge on any atom is 0.202 e. The van der Waals surface area contributed by atoms with Crippen LogP contribution in [0.3, 0.4) is 0 Å². The molecule has 1 aromatic carbocycles. The Balaban J connectivity index is 2.04. The van der Waals surface area contributed by atoms with Crippen molar-refractivity contribution in [2.45, 2.75) is 20.0 Å². The van der Waals surface area contributed by atoms with Gasteiger partial charge in [-0.15, -0.1) is 0 Å². The molecule has 2 aromatic rings. The van der Waals surface area contributed by atoms with Gasteiger partial charge in [-0.05, 0) is 24.6 Å². The quantitative estimate of drug-likeness (QED) is 0.758. The van der Waals surface area contributed by atoms with Crippen LogP contribution in [-0.2, 0) is 17.8 Å². The first-order chi connectivity index (χ1) is 8.69. The van der Waals surface area contributed by atoms with Crippen LogP contribution >= 0.6 is 0 Å². The Kier molecular flexibility index (Phi) is 3.95. The number of ether oxygens (including phenoxy) is 1. The summed E-state index contributed by atoms with van der Waals surface area (Å²) in [5.74, 6) is 1.05. The van der Waals surface area contributed by atoms with E-state index in [0.29, 0.717) is 24.5 Å². The molecule has 0 unspecified atom stereocenters. The minimum atomic E-state index is -0.0128. The van der Waals surface area contributed by atoms with Crippen molar-refractivity contribution >= 4 is 5.78 Å². The fraction of sp³-hybridized carbons (Fsp3) is 0.267. The molecular weight excluding hydrogens is 228 g/mol. The highest BCUT2D eigenvalue weighted by molar-refractivity contribution is 5.95. The Morgan fingerprint density at radius 1 is 1.17 bits per heavy atom. The summed E-state index contributed by atoms with van der Waals surface area (Å²) in [6.45, 7) is 2.41. The van der Waals surface area contributed by atoms with Crippen LogP contribution in [0.15, 0.2) is 40.8 Å². The van der Waals surface area contributed by atoms with E-state index in [0.717, 1.165) is 5.56 Å². The number of carbonyl (C=O) groups excluding carboxylic acids is 1. The molecule has 0 aliphatic heterocycles. The number of hydrogen-bond donors (Lipinski definition) is 0. The summed E-state index contributed by atoms with van der Waals surface area (Å²) >= 11 is 0. The molecule has 0 N–H and O–H groups in total. The number of methoxy groups -OCH3 is 1. The molecule has 18 heavy (non-hydrogen) atoms. The second-order valence-corrected chi connectivity index (χ2v) is 4.28. The van der Waals surface area contributed by atoms with Gasteiger partial charge >= 0.3 is 0 Å². The number of benzene rings is 1. The van der Waals surface area contributed by atoms with Gasteiger partial charge in [0.1, 0.15) is 12.4 Å². The molecular formula is C15H16O3. The number of Topliss-reactive ketones (excluding diaryl/α,β-unsaturated/α-hetero) is 1. The fourth-order valence-corrected chi connectivity index (χ4v) is 1.73. The van der Waals surface area contributed by atoms with Crippen LogP contribution in [0.4, 0.5) is 0 Å². The summed E-state index contributed by atoms with van der Waals surface area (Å²) in [6.07, 6.45) is 0.361. The largest absolute Gasteiger partial charge is 0.456 e. The van der Waals surface area contributed by atoms with Crippen molar-refractivity contribution in [1.29, 1.82) is 0 Å². The van der Waals surface area contributed by atoms with Gasteiger partial charge in [-0.2, -0.15) is 0 Å². The Hall–Kier alpha value is -1.87. The zero-order valence-corrected chi connectivity index (χ0v) is 10.6. The first-order valence-electron chi connectivity index (χ1n) is 5.85. The summed E-state index contributed by atoms with van der Waals surface area (Å²) in [6, 6.07) is 11.4. The Bertz CT molecular complexity index is 523. The van der Waals surface area contributed by atoms with Gasteiger partial charge < -0.3 is 9.15 Å². The first kappa shape index (κ1) is 12.6. The van der Waals surface area contributed by atoms with Crippen LogP contribution < -0.4 is 0 Å². The number of carbonyl (C=O) groups is 1. The molecule has 0 saturated carbocycles. The van der Waals surface area contributed by atoms with Crippen molar-refractivity contribution in [3.63, 3.8) is 0 Å². The second-order valence-electron chi connectivity index (χ2n) is 4.28. The van der Waals surface area contributed by atoms with E-state index in [-0.39, 0.29) is 5.78 Å². The van der Waals surface area contributed by atoms with Crippen LogP contribution in [0.2, 0.25) is 0 Å².